The molecule has 4 rings (SSSR count). The molecule has 0 saturated heterocycles. The molecular weight excluding hydrogens is 454 g/mol. The topological polar surface area (TPSA) is 77.1 Å². The molecule has 172 valence electrons. The Hall–Kier alpha value is -3.90. The average molecular weight is 468 g/mol. The molecule has 0 fully saturated rings. The first-order valence-corrected chi connectivity index (χ1v) is 9.30. The molecular formula is C20H14F6N6O. The zero-order valence-electron chi connectivity index (χ0n) is 17.0. The lowest BCUT2D eigenvalue weighted by Crippen LogP contribution is -2.36. The van der Waals surface area contributed by atoms with E-state index in [1.807, 2.05) is 0 Å². The summed E-state index contributed by atoms with van der Waals surface area (Å²) in [5.74, 6) is -6.81. The summed E-state index contributed by atoms with van der Waals surface area (Å²) in [6, 6.07) is 5.86. The number of aryl methyl sites for hydroxylation is 1. The van der Waals surface area contributed by atoms with Crippen LogP contribution in [0.15, 0.2) is 42.6 Å². The van der Waals surface area contributed by atoms with E-state index in [4.69, 9.17) is 0 Å². The standard InChI is InChI=1S/C20H14F6N6O/c1-10-15(9-27-31(10)2)29-18(33)14-8-17-28-13(11-3-5-12(21)6-4-11)7-16(32(17)30-14)19(22,23)20(24,25)26/h3-9H,1-2H3,(H,29,33). The Morgan fingerprint density at radius 2 is 1.73 bits per heavy atom. The summed E-state index contributed by atoms with van der Waals surface area (Å²) in [5.41, 5.74) is -1.72. The van der Waals surface area contributed by atoms with Crippen LogP contribution < -0.4 is 5.32 Å². The average Bonchev–Trinajstić information content (AvgIpc) is 3.31. The minimum Gasteiger partial charge on any atom is -0.318 e. The van der Waals surface area contributed by atoms with Gasteiger partial charge in [-0.25, -0.2) is 13.9 Å². The number of anilines is 1. The van der Waals surface area contributed by atoms with Crippen LogP contribution in [0.5, 0.6) is 0 Å². The number of hydrogen-bond acceptors (Lipinski definition) is 4. The molecule has 33 heavy (non-hydrogen) atoms. The van der Waals surface area contributed by atoms with Crippen molar-refractivity contribution < 1.29 is 31.1 Å². The van der Waals surface area contributed by atoms with Crippen LogP contribution in [0.2, 0.25) is 0 Å². The number of hydrogen-bond donors (Lipinski definition) is 1. The molecule has 3 heterocycles. The van der Waals surface area contributed by atoms with Gasteiger partial charge in [-0.2, -0.15) is 32.1 Å². The van der Waals surface area contributed by atoms with Crippen molar-refractivity contribution in [3.05, 3.63) is 65.5 Å². The van der Waals surface area contributed by atoms with Crippen LogP contribution >= 0.6 is 0 Å². The molecule has 1 N–H and O–H groups in total. The predicted octanol–water partition coefficient (Wildman–Crippen LogP) is 4.48. The van der Waals surface area contributed by atoms with Crippen molar-refractivity contribution in [2.75, 3.05) is 5.32 Å². The molecule has 0 aliphatic heterocycles. The number of rotatable bonds is 4. The quantitative estimate of drug-likeness (QED) is 0.448. The summed E-state index contributed by atoms with van der Waals surface area (Å²) in [7, 11) is 1.63. The van der Waals surface area contributed by atoms with Crippen LogP contribution in [0.1, 0.15) is 21.9 Å². The summed E-state index contributed by atoms with van der Waals surface area (Å²) in [6.45, 7) is 1.66. The maximum atomic E-state index is 14.4. The van der Waals surface area contributed by atoms with Crippen molar-refractivity contribution in [2.45, 2.75) is 19.0 Å². The molecule has 13 heteroatoms. The zero-order chi connectivity index (χ0) is 24.1. The largest absolute Gasteiger partial charge is 0.459 e. The van der Waals surface area contributed by atoms with Crippen LogP contribution in [-0.4, -0.2) is 36.5 Å². The molecule has 4 aromatic rings. The number of nitrogens with zero attached hydrogens (tertiary/aromatic N) is 5. The number of nitrogens with one attached hydrogen (secondary N) is 1. The van der Waals surface area contributed by atoms with E-state index in [9.17, 15) is 31.1 Å². The van der Waals surface area contributed by atoms with Crippen molar-refractivity contribution >= 4 is 17.2 Å². The van der Waals surface area contributed by atoms with Crippen LogP contribution in [0, 0.1) is 12.7 Å². The van der Waals surface area contributed by atoms with Gasteiger partial charge in [-0.3, -0.25) is 9.48 Å². The van der Waals surface area contributed by atoms with Crippen molar-refractivity contribution in [1.29, 1.82) is 0 Å². The molecule has 1 aromatic carbocycles. The Morgan fingerprint density at radius 1 is 1.06 bits per heavy atom. The molecule has 0 atom stereocenters. The summed E-state index contributed by atoms with van der Waals surface area (Å²) >= 11 is 0. The molecule has 1 amide bonds. The third-order valence-corrected chi connectivity index (χ3v) is 4.96. The highest BCUT2D eigenvalue weighted by Crippen LogP contribution is 2.44. The van der Waals surface area contributed by atoms with Gasteiger partial charge >= 0.3 is 12.1 Å². The first-order chi connectivity index (χ1) is 15.4. The lowest BCUT2D eigenvalue weighted by atomic mass is 10.1. The minimum absolute atomic E-state index is 0.0938. The highest BCUT2D eigenvalue weighted by molar-refractivity contribution is 6.03. The second-order valence-corrected chi connectivity index (χ2v) is 7.13. The van der Waals surface area contributed by atoms with Gasteiger partial charge in [0.25, 0.3) is 5.91 Å². The Morgan fingerprint density at radius 3 is 2.30 bits per heavy atom. The summed E-state index contributed by atoms with van der Waals surface area (Å²) in [6.07, 6.45) is -4.60. The summed E-state index contributed by atoms with van der Waals surface area (Å²) in [5, 5.41) is 10.1. The maximum Gasteiger partial charge on any atom is 0.459 e. The molecule has 0 aliphatic rings. The molecule has 0 saturated carbocycles. The van der Waals surface area contributed by atoms with Gasteiger partial charge in [0, 0.05) is 18.7 Å². The van der Waals surface area contributed by atoms with Crippen molar-refractivity contribution in [2.24, 2.45) is 7.05 Å². The van der Waals surface area contributed by atoms with Crippen molar-refractivity contribution in [3.8, 4) is 11.3 Å². The number of alkyl halides is 5. The number of carbonyl (C=O) groups excluding carboxylic acids is 1. The number of carbonyl (C=O) groups is 1. The molecule has 0 aliphatic carbocycles. The molecule has 0 radical (unpaired) electrons. The van der Waals surface area contributed by atoms with Crippen LogP contribution in [0.25, 0.3) is 16.9 Å². The van der Waals surface area contributed by atoms with Gasteiger partial charge in [0.05, 0.1) is 23.3 Å². The van der Waals surface area contributed by atoms with E-state index >= 15 is 0 Å². The van der Waals surface area contributed by atoms with Gasteiger partial charge in [-0.15, -0.1) is 0 Å². The summed E-state index contributed by atoms with van der Waals surface area (Å²) in [4.78, 5) is 16.6. The predicted molar refractivity (Wildman–Crippen MR) is 104 cm³/mol. The molecule has 0 spiro atoms. The minimum atomic E-state index is -5.94. The zero-order valence-corrected chi connectivity index (χ0v) is 17.0. The fraction of sp³-hybridized carbons (Fsp3) is 0.200. The summed E-state index contributed by atoms with van der Waals surface area (Å²) < 4.78 is 83.3. The van der Waals surface area contributed by atoms with Crippen LogP contribution in [0.4, 0.5) is 32.0 Å². The smallest absolute Gasteiger partial charge is 0.318 e. The second-order valence-electron chi connectivity index (χ2n) is 7.13. The van der Waals surface area contributed by atoms with E-state index in [0.717, 1.165) is 18.2 Å². The number of halogens is 6. The van der Waals surface area contributed by atoms with Gasteiger partial charge in [-0.05, 0) is 37.3 Å². The number of fused-ring (bicyclic) bond motifs is 1. The van der Waals surface area contributed by atoms with E-state index in [0.29, 0.717) is 17.4 Å². The highest BCUT2D eigenvalue weighted by Gasteiger charge is 2.60. The SMILES string of the molecule is Cc1c(NC(=O)c2cc3nc(-c4ccc(F)cc4)cc(C(F)(F)C(F)(F)F)n3n2)cnn1C. The number of aromatic nitrogens is 5. The molecule has 3 aromatic heterocycles. The lowest BCUT2D eigenvalue weighted by Gasteiger charge is -2.21. The third kappa shape index (κ3) is 3.90. The van der Waals surface area contributed by atoms with E-state index < -0.39 is 40.9 Å². The first-order valence-electron chi connectivity index (χ1n) is 9.30. The first kappa shape index (κ1) is 22.3. The fourth-order valence-electron chi connectivity index (χ4n) is 3.03. The Bertz CT molecular complexity index is 1360. The number of amides is 1. The van der Waals surface area contributed by atoms with E-state index in [2.05, 4.69) is 20.5 Å². The monoisotopic (exact) mass is 468 g/mol. The van der Waals surface area contributed by atoms with Crippen LogP contribution in [0.3, 0.4) is 0 Å². The third-order valence-electron chi connectivity index (χ3n) is 4.96. The van der Waals surface area contributed by atoms with Gasteiger partial charge in [-0.1, -0.05) is 0 Å². The van der Waals surface area contributed by atoms with E-state index in [1.54, 1.807) is 14.0 Å². The van der Waals surface area contributed by atoms with Gasteiger partial charge in [0.15, 0.2) is 11.3 Å². The lowest BCUT2D eigenvalue weighted by molar-refractivity contribution is -0.291. The molecule has 0 unspecified atom stereocenters. The highest BCUT2D eigenvalue weighted by atomic mass is 19.4. The van der Waals surface area contributed by atoms with E-state index in [1.165, 1.54) is 23.0 Å². The van der Waals surface area contributed by atoms with Gasteiger partial charge in [0.2, 0.25) is 0 Å². The Kier molecular flexibility index (Phi) is 5.14. The Labute approximate surface area is 181 Å². The Balaban J connectivity index is 1.86. The normalized spacial score (nSPS) is 12.4. The van der Waals surface area contributed by atoms with Crippen molar-refractivity contribution in [3.63, 3.8) is 0 Å². The second kappa shape index (κ2) is 7.60. The van der Waals surface area contributed by atoms with Crippen molar-refractivity contribution in [1.82, 2.24) is 24.4 Å². The molecule has 7 nitrogen and oxygen atoms in total. The fourth-order valence-corrected chi connectivity index (χ4v) is 3.03. The maximum absolute atomic E-state index is 14.4. The number of benzene rings is 1. The van der Waals surface area contributed by atoms with E-state index in [-0.39, 0.29) is 15.8 Å². The van der Waals surface area contributed by atoms with Gasteiger partial charge in [0.1, 0.15) is 11.5 Å². The van der Waals surface area contributed by atoms with Crippen LogP contribution in [-0.2, 0) is 13.0 Å². The molecule has 0 bridgehead atoms. The van der Waals surface area contributed by atoms with Gasteiger partial charge < -0.3 is 5.32 Å².